The molecule has 2 unspecified atom stereocenters. The molecule has 0 fully saturated rings. The number of carbonyl (C=O) groups excluding carboxylic acids is 5. The van der Waals surface area contributed by atoms with Crippen LogP contribution in [0.15, 0.2) is 51.8 Å². The number of esters is 1. The number of aromatic nitrogens is 6. The van der Waals surface area contributed by atoms with Gasteiger partial charge in [0.25, 0.3) is 5.91 Å². The van der Waals surface area contributed by atoms with E-state index in [4.69, 9.17) is 26.2 Å². The van der Waals surface area contributed by atoms with Crippen LogP contribution in [0.3, 0.4) is 0 Å². The lowest BCUT2D eigenvalue weighted by Crippen LogP contribution is -2.49. The predicted molar refractivity (Wildman–Crippen MR) is 290 cm³/mol. The number of fused-ring (bicyclic) bond motifs is 3. The number of allylic oxidation sites excluding steroid dienone is 2. The van der Waals surface area contributed by atoms with Crippen molar-refractivity contribution in [1.29, 1.82) is 0 Å². The second kappa shape index (κ2) is 19.2. The molecule has 8 heterocycles. The molecule has 4 aliphatic heterocycles. The largest absolute Gasteiger partial charge is 0.480 e. The Morgan fingerprint density at radius 2 is 1.61 bits per heavy atom. The van der Waals surface area contributed by atoms with Gasteiger partial charge in [-0.2, -0.15) is 9.97 Å². The van der Waals surface area contributed by atoms with Gasteiger partial charge in [0.1, 0.15) is 17.6 Å². The number of nitrogens with one attached hydrogen (secondary N) is 2. The van der Waals surface area contributed by atoms with Crippen LogP contribution in [0.2, 0.25) is 0 Å². The molecule has 2 amide bonds. The molecule has 0 saturated carbocycles. The van der Waals surface area contributed by atoms with Gasteiger partial charge in [-0.25, -0.2) is 14.8 Å². The number of nitrogens with zero attached hydrogens (tertiary/aromatic N) is 9. The number of carbonyl (C=O) groups is 6. The normalized spacial score (nSPS) is 23.3. The Morgan fingerprint density at radius 3 is 2.29 bits per heavy atom. The van der Waals surface area contributed by atoms with E-state index in [1.165, 1.54) is 7.11 Å². The molecule has 10 rings (SSSR count). The summed E-state index contributed by atoms with van der Waals surface area (Å²) in [6.07, 6.45) is 8.39. The predicted octanol–water partition coefficient (Wildman–Crippen LogP) is 4.11. The number of nitrogens with two attached hydrogens (primary N) is 2. The van der Waals surface area contributed by atoms with Gasteiger partial charge < -0.3 is 46.0 Å². The number of methoxy groups -OCH3 is 1. The first kappa shape index (κ1) is 51.8. The highest BCUT2D eigenvalue weighted by molar-refractivity contribution is 6.25. The number of nitrogen functional groups attached to an aromatic ring is 2. The number of carboxylic acid groups (broad SMARTS) is 1. The van der Waals surface area contributed by atoms with Crippen molar-refractivity contribution in [2.45, 2.75) is 92.9 Å². The zero-order valence-electron chi connectivity index (χ0n) is 44.6. The molecule has 6 bridgehead atoms. The van der Waals surface area contributed by atoms with Crippen LogP contribution >= 0.6 is 0 Å². The second-order valence-electron chi connectivity index (χ2n) is 21.1. The Labute approximate surface area is 443 Å². The number of aliphatic carboxylic acids is 1. The number of anilines is 3. The number of rotatable bonds is 14. The third kappa shape index (κ3) is 8.47. The number of ether oxygens (including phenoxy) is 1. The van der Waals surface area contributed by atoms with E-state index in [0.29, 0.717) is 62.5 Å². The molecule has 5 aromatic rings. The number of amides is 2. The van der Waals surface area contributed by atoms with Gasteiger partial charge in [-0.1, -0.05) is 20.8 Å². The van der Waals surface area contributed by atoms with Gasteiger partial charge >= 0.3 is 11.9 Å². The Kier molecular flexibility index (Phi) is 12.9. The number of hydrogen-bond donors (Lipinski definition) is 5. The summed E-state index contributed by atoms with van der Waals surface area (Å²) in [5.74, 6) is -5.95. The van der Waals surface area contributed by atoms with Crippen molar-refractivity contribution >= 4 is 99.2 Å². The third-order valence-electron chi connectivity index (χ3n) is 16.1. The number of carboxylic acids is 1. The minimum Gasteiger partial charge on any atom is -0.480 e. The summed E-state index contributed by atoms with van der Waals surface area (Å²) < 4.78 is 9.61. The summed E-state index contributed by atoms with van der Waals surface area (Å²) in [6, 6.07) is 5.16. The van der Waals surface area contributed by atoms with Gasteiger partial charge in [0.15, 0.2) is 28.5 Å². The van der Waals surface area contributed by atoms with Crippen LogP contribution in [0.25, 0.3) is 35.0 Å². The molecular formula is C56H61N13O8. The number of ketones is 2. The van der Waals surface area contributed by atoms with Crippen LogP contribution in [-0.4, -0.2) is 108 Å². The van der Waals surface area contributed by atoms with Crippen LogP contribution in [0.4, 0.5) is 17.5 Å². The number of hydrogen-bond acceptors (Lipinski definition) is 16. The van der Waals surface area contributed by atoms with Crippen molar-refractivity contribution in [2.24, 2.45) is 39.6 Å². The summed E-state index contributed by atoms with van der Waals surface area (Å²) in [5.41, 5.74) is 19.5. The monoisotopic (exact) mass is 1040 g/mol. The van der Waals surface area contributed by atoms with E-state index in [0.717, 1.165) is 40.1 Å². The summed E-state index contributed by atoms with van der Waals surface area (Å²) in [5, 5.41) is 16.9. The minimum absolute atomic E-state index is 0.00514. The Morgan fingerprint density at radius 1 is 0.922 bits per heavy atom. The average molecular weight is 1040 g/mol. The number of Topliss-reactive ketones (excluding diaryl/α,β-unsaturated/α-hetero) is 2. The molecule has 1 aliphatic carbocycles. The maximum absolute atomic E-state index is 15.1. The average Bonchev–Trinajstić information content (AvgIpc) is 4.14. The maximum Gasteiger partial charge on any atom is 0.328 e. The zero-order valence-corrected chi connectivity index (χ0v) is 44.6. The summed E-state index contributed by atoms with van der Waals surface area (Å²) in [4.78, 5) is 112. The van der Waals surface area contributed by atoms with E-state index >= 15 is 4.79 Å². The van der Waals surface area contributed by atoms with Gasteiger partial charge in [-0.3, -0.25) is 34.0 Å². The lowest BCUT2D eigenvalue weighted by Gasteiger charge is -2.35. The Hall–Kier alpha value is -8.62. The van der Waals surface area contributed by atoms with Crippen LogP contribution < -0.4 is 37.7 Å². The smallest absolute Gasteiger partial charge is 0.328 e. The van der Waals surface area contributed by atoms with Gasteiger partial charge in [-0.05, 0) is 101 Å². The second-order valence-corrected chi connectivity index (χ2v) is 21.1. The summed E-state index contributed by atoms with van der Waals surface area (Å²) >= 11 is 0. The molecule has 5 aliphatic rings. The van der Waals surface area contributed by atoms with Crippen molar-refractivity contribution < 1.29 is 38.6 Å². The molecule has 398 valence electrons. The molecule has 1 aromatic carbocycles. The summed E-state index contributed by atoms with van der Waals surface area (Å²) in [7, 11) is 3.08. The number of aliphatic imine (C=N–C) groups is 2. The van der Waals surface area contributed by atoms with Crippen LogP contribution in [0, 0.1) is 43.4 Å². The van der Waals surface area contributed by atoms with Crippen molar-refractivity contribution in [1.82, 2.24) is 39.7 Å². The van der Waals surface area contributed by atoms with E-state index in [1.54, 1.807) is 37.4 Å². The molecule has 0 spiro atoms. The number of benzene rings is 1. The fourth-order valence-corrected chi connectivity index (χ4v) is 12.2. The first-order valence-corrected chi connectivity index (χ1v) is 25.7. The van der Waals surface area contributed by atoms with Gasteiger partial charge in [0.05, 0.1) is 42.3 Å². The molecule has 21 heteroatoms. The van der Waals surface area contributed by atoms with E-state index < -0.39 is 65.5 Å². The molecule has 0 saturated heterocycles. The van der Waals surface area contributed by atoms with Crippen LogP contribution in [0.1, 0.15) is 120 Å². The van der Waals surface area contributed by atoms with E-state index in [9.17, 15) is 29.1 Å². The van der Waals surface area contributed by atoms with E-state index in [1.807, 2.05) is 58.7 Å². The molecule has 0 radical (unpaired) electrons. The molecule has 77 heavy (non-hydrogen) atoms. The third-order valence-corrected chi connectivity index (χ3v) is 16.1. The van der Waals surface area contributed by atoms with Crippen molar-refractivity contribution in [3.05, 3.63) is 97.5 Å². The van der Waals surface area contributed by atoms with Crippen LogP contribution in [-0.2, 0) is 31.3 Å². The molecule has 21 nitrogen and oxygen atoms in total. The van der Waals surface area contributed by atoms with E-state index in [-0.39, 0.29) is 53.4 Å². The SMILES string of the molecule is CC[C@H]1/C2=C/c3c(C)c4c5n3C(C)(C)n3/c(c(C)c(C(C)=O)/c3=C/C(=N2)[C@@H]1C)=C\C1=NC(=C\5C(C(=O)OC)C4=O)/[C@@H](CCC(=O)NC(CNC(=O)c2ccc(N(C)Cc3cnc4nc(N)nc(N)c4n3)cc2)C(=O)O)[C@@H]1C. The van der Waals surface area contributed by atoms with Gasteiger partial charge in [0, 0.05) is 99.8 Å². The first-order chi connectivity index (χ1) is 36.5. The molecule has 7 N–H and O–H groups in total. The highest BCUT2D eigenvalue weighted by atomic mass is 16.5. The molecule has 4 aromatic heterocycles. The van der Waals surface area contributed by atoms with Gasteiger partial charge in [-0.15, -0.1) is 0 Å². The van der Waals surface area contributed by atoms with Crippen molar-refractivity contribution in [3.63, 3.8) is 0 Å². The Balaban J connectivity index is 0.941. The van der Waals surface area contributed by atoms with Gasteiger partial charge in [0.2, 0.25) is 11.9 Å². The highest BCUT2D eigenvalue weighted by Crippen LogP contribution is 2.52. The fraction of sp³-hybridized carbons (Fsp3) is 0.393. The first-order valence-electron chi connectivity index (χ1n) is 25.7. The topological polar surface area (TPSA) is 297 Å². The maximum atomic E-state index is 15.1. The summed E-state index contributed by atoms with van der Waals surface area (Å²) in [6.45, 7) is 15.6. The van der Waals surface area contributed by atoms with Crippen molar-refractivity contribution in [2.75, 3.05) is 37.1 Å². The lowest BCUT2D eigenvalue weighted by molar-refractivity contribution is -0.142. The minimum atomic E-state index is -1.49. The van der Waals surface area contributed by atoms with E-state index in [2.05, 4.69) is 59.6 Å². The molecule has 6 atom stereocenters. The highest BCUT2D eigenvalue weighted by Gasteiger charge is 2.52. The quantitative estimate of drug-likeness (QED) is 0.0594. The zero-order chi connectivity index (χ0) is 55.3. The standard InChI is InChI=1S/C56H61N13O8/c1-11-32-24(2)34-19-40-42(28(6)70)26(4)38-18-35-25(3)33(46(64-35)44-45(54(76)77-10)49(72)43-27(5)39(20-36(32)62-34)69(48(43)44)56(7,8)68(38)40)16-17-41(71)63-37(53(74)75)22-60-52(73)29-12-14-31(15-13-29)67(9)23-30-21-59-51-47(61-30)50(57)65-55(58)66-51/h12-15,18-21,24-25,32-33,37,45H,11,16-17,22-23H2,1-10H3,(H,60,73)(H,63,71)(H,74,75)(H4,57,58,59,65,66)/b34-19?,35-18?,36-20-,38-18-,39-20?,40-19-,46-44-/t24-,25+,32-,33+,37?,45?/m1/s1. The Bertz CT molecular complexity index is 3710. The van der Waals surface area contributed by atoms with Crippen molar-refractivity contribution in [3.8, 4) is 0 Å². The lowest BCUT2D eigenvalue weighted by atomic mass is 9.83. The fourth-order valence-electron chi connectivity index (χ4n) is 12.2. The molecular weight excluding hydrogens is 983 g/mol. The van der Waals surface area contributed by atoms with Crippen LogP contribution in [0.5, 0.6) is 0 Å².